The molecule has 3 heterocycles. The Labute approximate surface area is 127 Å². The van der Waals surface area contributed by atoms with Crippen LogP contribution in [0.4, 0.5) is 5.82 Å². The van der Waals surface area contributed by atoms with Gasteiger partial charge in [-0.25, -0.2) is 9.78 Å². The summed E-state index contributed by atoms with van der Waals surface area (Å²) in [7, 11) is 3.55. The van der Waals surface area contributed by atoms with Crippen LogP contribution in [0.1, 0.15) is 22.5 Å². The summed E-state index contributed by atoms with van der Waals surface area (Å²) in [5, 5.41) is 4.53. The molecule has 1 aliphatic rings. The molecule has 112 valence electrons. The molecule has 0 unspecified atom stereocenters. The summed E-state index contributed by atoms with van der Waals surface area (Å²) in [6.07, 6.45) is 4.09. The predicted octanol–water partition coefficient (Wildman–Crippen LogP) is 2.59. The summed E-state index contributed by atoms with van der Waals surface area (Å²) >= 11 is 1.41. The first-order valence-electron chi connectivity index (χ1n) is 7.08. The molecule has 0 radical (unpaired) electrons. The molecule has 0 amide bonds. The van der Waals surface area contributed by atoms with Gasteiger partial charge in [0.15, 0.2) is 0 Å². The minimum atomic E-state index is -0.291. The third-order valence-corrected chi connectivity index (χ3v) is 4.93. The lowest BCUT2D eigenvalue weighted by atomic mass is 10.1. The normalized spacial score (nSPS) is 17.0. The highest BCUT2D eigenvalue weighted by atomic mass is 32.1. The number of ether oxygens (including phenoxy) is 1. The van der Waals surface area contributed by atoms with Crippen molar-refractivity contribution in [2.75, 3.05) is 32.6 Å². The summed E-state index contributed by atoms with van der Waals surface area (Å²) in [6.45, 7) is 2.23. The van der Waals surface area contributed by atoms with Crippen LogP contribution < -0.4 is 5.32 Å². The number of nitrogens with zero attached hydrogens (tertiary/aromatic N) is 2. The van der Waals surface area contributed by atoms with E-state index in [0.29, 0.717) is 10.9 Å². The quantitative estimate of drug-likeness (QED) is 0.883. The average Bonchev–Trinajstić information content (AvgIpc) is 2.92. The van der Waals surface area contributed by atoms with Gasteiger partial charge in [0.1, 0.15) is 10.7 Å². The molecule has 2 aromatic rings. The number of nitrogens with one attached hydrogen (secondary N) is 1. The van der Waals surface area contributed by atoms with Crippen molar-refractivity contribution in [1.29, 1.82) is 0 Å². The fourth-order valence-electron chi connectivity index (χ4n) is 2.59. The van der Waals surface area contributed by atoms with Crippen LogP contribution in [0.5, 0.6) is 0 Å². The molecule has 0 saturated carbocycles. The van der Waals surface area contributed by atoms with Crippen LogP contribution in [0, 0.1) is 0 Å². The van der Waals surface area contributed by atoms with Crippen molar-refractivity contribution < 1.29 is 9.53 Å². The molecule has 5 nitrogen and oxygen atoms in total. The number of pyridine rings is 1. The lowest BCUT2D eigenvalue weighted by Gasteiger charge is -2.29. The number of piperidine rings is 1. The number of aromatic nitrogens is 1. The number of thiophene rings is 1. The topological polar surface area (TPSA) is 54.5 Å². The number of hydrogen-bond acceptors (Lipinski definition) is 6. The van der Waals surface area contributed by atoms with Crippen LogP contribution in [-0.4, -0.2) is 49.1 Å². The number of anilines is 1. The van der Waals surface area contributed by atoms with Gasteiger partial charge in [-0.1, -0.05) is 0 Å². The van der Waals surface area contributed by atoms with Gasteiger partial charge in [-0.3, -0.25) is 0 Å². The van der Waals surface area contributed by atoms with E-state index in [4.69, 9.17) is 4.74 Å². The highest BCUT2D eigenvalue weighted by molar-refractivity contribution is 7.20. The van der Waals surface area contributed by atoms with Crippen molar-refractivity contribution in [3.8, 4) is 0 Å². The van der Waals surface area contributed by atoms with Gasteiger partial charge in [0.05, 0.1) is 11.8 Å². The molecule has 0 aromatic carbocycles. The van der Waals surface area contributed by atoms with Gasteiger partial charge in [-0.2, -0.15) is 0 Å². The Hall–Kier alpha value is -1.66. The number of carbonyl (C=O) groups excluding carboxylic acids is 1. The maximum absolute atomic E-state index is 11.6. The Balaban J connectivity index is 1.76. The number of methoxy groups -OCH3 is 1. The SMILES string of the molecule is COC(=O)c1cc2cc(NC3CCN(C)CC3)ncc2s1. The molecule has 1 N–H and O–H groups in total. The minimum Gasteiger partial charge on any atom is -0.465 e. The van der Waals surface area contributed by atoms with Crippen LogP contribution >= 0.6 is 11.3 Å². The molecule has 3 rings (SSSR count). The van der Waals surface area contributed by atoms with Crippen LogP contribution in [0.2, 0.25) is 0 Å². The van der Waals surface area contributed by atoms with Crippen molar-refractivity contribution in [3.05, 3.63) is 23.2 Å². The molecule has 1 fully saturated rings. The smallest absolute Gasteiger partial charge is 0.348 e. The Morgan fingerprint density at radius 2 is 2.19 bits per heavy atom. The van der Waals surface area contributed by atoms with Crippen molar-refractivity contribution in [1.82, 2.24) is 9.88 Å². The van der Waals surface area contributed by atoms with Crippen LogP contribution in [0.25, 0.3) is 10.1 Å². The standard InChI is InChI=1S/C15H19N3O2S/c1-18-5-3-11(4-6-18)17-14-8-10-7-12(15(19)20-2)21-13(10)9-16-14/h7-9,11H,3-6H2,1-2H3,(H,16,17). The van der Waals surface area contributed by atoms with Crippen molar-refractivity contribution >= 4 is 33.2 Å². The Kier molecular flexibility index (Phi) is 4.07. The molecule has 0 aliphatic carbocycles. The molecule has 0 atom stereocenters. The van der Waals surface area contributed by atoms with Gasteiger partial charge in [0, 0.05) is 12.2 Å². The summed E-state index contributed by atoms with van der Waals surface area (Å²) in [5.74, 6) is 0.590. The van der Waals surface area contributed by atoms with Crippen molar-refractivity contribution in [3.63, 3.8) is 0 Å². The first-order valence-corrected chi connectivity index (χ1v) is 7.90. The molecular formula is C15H19N3O2S. The van der Waals surface area contributed by atoms with E-state index in [1.165, 1.54) is 18.4 Å². The number of rotatable bonds is 3. The van der Waals surface area contributed by atoms with Gasteiger partial charge in [0.25, 0.3) is 0 Å². The number of esters is 1. The molecule has 1 aliphatic heterocycles. The van der Waals surface area contributed by atoms with E-state index in [1.807, 2.05) is 18.3 Å². The van der Waals surface area contributed by atoms with Gasteiger partial charge in [-0.15, -0.1) is 11.3 Å². The molecule has 1 saturated heterocycles. The fraction of sp³-hybridized carbons (Fsp3) is 0.467. The summed E-state index contributed by atoms with van der Waals surface area (Å²) in [6, 6.07) is 4.36. The lowest BCUT2D eigenvalue weighted by molar-refractivity contribution is 0.0606. The van der Waals surface area contributed by atoms with Gasteiger partial charge in [0.2, 0.25) is 0 Å². The highest BCUT2D eigenvalue weighted by Crippen LogP contribution is 2.27. The molecule has 0 spiro atoms. The van der Waals surface area contributed by atoms with Crippen LogP contribution in [-0.2, 0) is 4.74 Å². The van der Waals surface area contributed by atoms with E-state index in [1.54, 1.807) is 0 Å². The average molecular weight is 305 g/mol. The zero-order valence-corrected chi connectivity index (χ0v) is 13.1. The lowest BCUT2D eigenvalue weighted by Crippen LogP contribution is -2.36. The Morgan fingerprint density at radius 1 is 1.43 bits per heavy atom. The number of fused-ring (bicyclic) bond motifs is 1. The van der Waals surface area contributed by atoms with E-state index in [2.05, 4.69) is 22.2 Å². The van der Waals surface area contributed by atoms with Gasteiger partial charge in [-0.05, 0) is 50.5 Å². The second-order valence-corrected chi connectivity index (χ2v) is 6.52. The summed E-state index contributed by atoms with van der Waals surface area (Å²) in [5.41, 5.74) is 0. The fourth-order valence-corrected chi connectivity index (χ4v) is 3.52. The first-order chi connectivity index (χ1) is 10.2. The monoisotopic (exact) mass is 305 g/mol. The van der Waals surface area contributed by atoms with E-state index in [0.717, 1.165) is 41.8 Å². The number of hydrogen-bond donors (Lipinski definition) is 1. The van der Waals surface area contributed by atoms with Crippen LogP contribution in [0.3, 0.4) is 0 Å². The van der Waals surface area contributed by atoms with Crippen molar-refractivity contribution in [2.45, 2.75) is 18.9 Å². The van der Waals surface area contributed by atoms with E-state index in [9.17, 15) is 4.79 Å². The van der Waals surface area contributed by atoms with E-state index in [-0.39, 0.29) is 5.97 Å². The van der Waals surface area contributed by atoms with Gasteiger partial charge < -0.3 is 15.0 Å². The molecular weight excluding hydrogens is 286 g/mol. The number of carbonyl (C=O) groups is 1. The minimum absolute atomic E-state index is 0.291. The second kappa shape index (κ2) is 5.99. The summed E-state index contributed by atoms with van der Waals surface area (Å²) in [4.78, 5) is 19.0. The Bertz CT molecular complexity index is 647. The third kappa shape index (κ3) is 3.16. The van der Waals surface area contributed by atoms with Crippen molar-refractivity contribution in [2.24, 2.45) is 0 Å². The highest BCUT2D eigenvalue weighted by Gasteiger charge is 2.17. The zero-order chi connectivity index (χ0) is 14.8. The Morgan fingerprint density at radius 3 is 2.90 bits per heavy atom. The zero-order valence-electron chi connectivity index (χ0n) is 12.3. The third-order valence-electron chi connectivity index (χ3n) is 3.86. The van der Waals surface area contributed by atoms with Gasteiger partial charge >= 0.3 is 5.97 Å². The van der Waals surface area contributed by atoms with E-state index >= 15 is 0 Å². The maximum atomic E-state index is 11.6. The summed E-state index contributed by atoms with van der Waals surface area (Å²) < 4.78 is 5.76. The molecule has 6 heteroatoms. The largest absolute Gasteiger partial charge is 0.465 e. The first kappa shape index (κ1) is 14.3. The van der Waals surface area contributed by atoms with Crippen LogP contribution in [0.15, 0.2) is 18.3 Å². The van der Waals surface area contributed by atoms with E-state index < -0.39 is 0 Å². The predicted molar refractivity (Wildman–Crippen MR) is 85.1 cm³/mol. The maximum Gasteiger partial charge on any atom is 0.348 e. The molecule has 2 aromatic heterocycles. The molecule has 0 bridgehead atoms. The number of likely N-dealkylation sites (tertiary alicyclic amines) is 1. The second-order valence-electron chi connectivity index (χ2n) is 5.43. The molecule has 21 heavy (non-hydrogen) atoms.